The van der Waals surface area contributed by atoms with E-state index in [1.54, 1.807) is 0 Å². The Bertz CT molecular complexity index is 4620. The first-order valence-corrected chi connectivity index (χ1v) is 25.7. The van der Waals surface area contributed by atoms with Gasteiger partial charge in [-0.05, 0) is 156 Å². The van der Waals surface area contributed by atoms with Crippen LogP contribution in [-0.4, -0.2) is 4.57 Å². The van der Waals surface area contributed by atoms with Gasteiger partial charge >= 0.3 is 0 Å². The summed E-state index contributed by atoms with van der Waals surface area (Å²) in [6, 6.07) is 101. The molecule has 2 aromatic heterocycles. The summed E-state index contributed by atoms with van der Waals surface area (Å²) >= 11 is 0. The number of para-hydroxylation sites is 2. The highest BCUT2D eigenvalue weighted by Crippen LogP contribution is 2.42. The van der Waals surface area contributed by atoms with E-state index in [0.29, 0.717) is 0 Å². The molecule has 350 valence electrons. The molecule has 0 atom stereocenters. The van der Waals surface area contributed by atoms with Crippen LogP contribution in [-0.2, 0) is 0 Å². The minimum absolute atomic E-state index is 0.891. The Hall–Kier alpha value is -9.96. The Morgan fingerprint density at radius 1 is 0.267 bits per heavy atom. The molecule has 15 aromatic rings. The SMILES string of the molecule is c1cc(-c2ccc(N(c3ccc(-c4ccc(-c5cc6ccccc6c6ccccc56)cc4)cc3)c3ccc(-c4ccc5c(c4)oc4c6ccccc6ccc54)cc3)cc2)cc(-n2c3ccccc3c3ccccc32)c1. The average molecular weight is 955 g/mol. The topological polar surface area (TPSA) is 21.3 Å². The first-order valence-electron chi connectivity index (χ1n) is 25.7. The Morgan fingerprint density at radius 3 is 1.37 bits per heavy atom. The molecule has 0 radical (unpaired) electrons. The van der Waals surface area contributed by atoms with E-state index in [-0.39, 0.29) is 0 Å². The van der Waals surface area contributed by atoms with Crippen LogP contribution in [0.15, 0.2) is 283 Å². The van der Waals surface area contributed by atoms with Gasteiger partial charge < -0.3 is 13.9 Å². The lowest BCUT2D eigenvalue weighted by molar-refractivity contribution is 0.673. The molecule has 0 aliphatic heterocycles. The highest BCUT2D eigenvalue weighted by Gasteiger charge is 2.18. The van der Waals surface area contributed by atoms with E-state index < -0.39 is 0 Å². The van der Waals surface area contributed by atoms with E-state index in [0.717, 1.165) is 77.9 Å². The van der Waals surface area contributed by atoms with Gasteiger partial charge in [0.05, 0.1) is 11.0 Å². The van der Waals surface area contributed by atoms with Gasteiger partial charge in [-0.1, -0.05) is 194 Å². The number of anilines is 3. The number of furan rings is 1. The predicted octanol–water partition coefficient (Wildman–Crippen LogP) is 20.3. The molecule has 2 heterocycles. The number of hydrogen-bond donors (Lipinski definition) is 0. The molecular formula is C72H46N2O. The molecule has 0 N–H and O–H groups in total. The van der Waals surface area contributed by atoms with Crippen molar-refractivity contribution in [3.63, 3.8) is 0 Å². The molecule has 75 heavy (non-hydrogen) atoms. The smallest absolute Gasteiger partial charge is 0.143 e. The third kappa shape index (κ3) is 7.20. The number of fused-ring (bicyclic) bond motifs is 11. The predicted molar refractivity (Wildman–Crippen MR) is 317 cm³/mol. The van der Waals surface area contributed by atoms with E-state index in [1.807, 2.05) is 0 Å². The first kappa shape index (κ1) is 42.7. The lowest BCUT2D eigenvalue weighted by Crippen LogP contribution is -2.09. The molecule has 0 saturated carbocycles. The summed E-state index contributed by atoms with van der Waals surface area (Å²) in [7, 11) is 0. The van der Waals surface area contributed by atoms with Gasteiger partial charge in [0.1, 0.15) is 11.2 Å². The van der Waals surface area contributed by atoms with Gasteiger partial charge in [0.25, 0.3) is 0 Å². The van der Waals surface area contributed by atoms with E-state index in [1.165, 1.54) is 65.4 Å². The summed E-state index contributed by atoms with van der Waals surface area (Å²) in [4.78, 5) is 2.35. The van der Waals surface area contributed by atoms with Crippen molar-refractivity contribution < 1.29 is 4.42 Å². The quantitative estimate of drug-likeness (QED) is 0.142. The van der Waals surface area contributed by atoms with E-state index >= 15 is 0 Å². The lowest BCUT2D eigenvalue weighted by atomic mass is 9.92. The van der Waals surface area contributed by atoms with Crippen molar-refractivity contribution in [2.45, 2.75) is 0 Å². The van der Waals surface area contributed by atoms with Crippen molar-refractivity contribution in [3.05, 3.63) is 279 Å². The second-order valence-corrected chi connectivity index (χ2v) is 19.6. The van der Waals surface area contributed by atoms with Crippen molar-refractivity contribution in [3.8, 4) is 50.2 Å². The van der Waals surface area contributed by atoms with Crippen LogP contribution in [0.1, 0.15) is 0 Å². The number of benzene rings is 13. The normalized spacial score (nSPS) is 11.7. The molecule has 13 aromatic carbocycles. The number of rotatable bonds is 8. The molecular weight excluding hydrogens is 909 g/mol. The second kappa shape index (κ2) is 17.4. The van der Waals surface area contributed by atoms with Crippen molar-refractivity contribution in [2.75, 3.05) is 4.90 Å². The number of hydrogen-bond acceptors (Lipinski definition) is 2. The van der Waals surface area contributed by atoms with Crippen LogP contribution in [0.25, 0.3) is 126 Å². The molecule has 0 amide bonds. The molecule has 0 unspecified atom stereocenters. The lowest BCUT2D eigenvalue weighted by Gasteiger charge is -2.26. The van der Waals surface area contributed by atoms with Gasteiger partial charge in [-0.15, -0.1) is 0 Å². The van der Waals surface area contributed by atoms with Crippen molar-refractivity contribution in [2.24, 2.45) is 0 Å². The molecule has 15 rings (SSSR count). The molecule has 0 spiro atoms. The maximum atomic E-state index is 6.59. The fourth-order valence-corrected chi connectivity index (χ4v) is 11.7. The van der Waals surface area contributed by atoms with Crippen molar-refractivity contribution >= 4 is 93.1 Å². The van der Waals surface area contributed by atoms with E-state index in [2.05, 4.69) is 289 Å². The highest BCUT2D eigenvalue weighted by atomic mass is 16.3. The first-order chi connectivity index (χ1) is 37.2. The Balaban J connectivity index is 0.780. The van der Waals surface area contributed by atoms with Crippen LogP contribution in [0, 0.1) is 0 Å². The van der Waals surface area contributed by atoms with Crippen LogP contribution >= 0.6 is 0 Å². The van der Waals surface area contributed by atoms with Gasteiger partial charge in [-0.25, -0.2) is 0 Å². The minimum Gasteiger partial charge on any atom is -0.455 e. The molecule has 0 aliphatic rings. The van der Waals surface area contributed by atoms with Gasteiger partial charge in [0.2, 0.25) is 0 Å². The van der Waals surface area contributed by atoms with Crippen LogP contribution in [0.5, 0.6) is 0 Å². The van der Waals surface area contributed by atoms with Crippen LogP contribution in [0.4, 0.5) is 17.1 Å². The third-order valence-corrected chi connectivity index (χ3v) is 15.4. The van der Waals surface area contributed by atoms with E-state index in [4.69, 9.17) is 4.42 Å². The molecule has 0 bridgehead atoms. The Kier molecular flexibility index (Phi) is 9.89. The van der Waals surface area contributed by atoms with Crippen molar-refractivity contribution in [1.29, 1.82) is 0 Å². The average Bonchev–Trinajstić information content (AvgIpc) is 4.04. The fraction of sp³-hybridized carbons (Fsp3) is 0. The van der Waals surface area contributed by atoms with Gasteiger partial charge in [-0.3, -0.25) is 0 Å². The monoisotopic (exact) mass is 954 g/mol. The molecule has 3 nitrogen and oxygen atoms in total. The van der Waals surface area contributed by atoms with Crippen LogP contribution < -0.4 is 4.90 Å². The highest BCUT2D eigenvalue weighted by molar-refractivity contribution is 6.16. The maximum absolute atomic E-state index is 6.59. The van der Waals surface area contributed by atoms with Crippen LogP contribution in [0.2, 0.25) is 0 Å². The Morgan fingerprint density at radius 2 is 0.733 bits per heavy atom. The zero-order valence-corrected chi connectivity index (χ0v) is 40.9. The standard InChI is InChI=1S/C72H46N2O/c1-4-17-61-51(12-1)34-43-67-66-42-35-54(46-71(66)75-72(61)67)50-32-40-58(41-33-50)73(57-38-30-49(31-39-57)53-14-11-15-59(44-53)74-69-22-9-7-20-64(69)65-21-8-10-23-70(65)74)56-36-28-48(29-37-56)47-24-26-52(27-25-47)68-45-55-13-2-3-16-60(55)62-18-5-6-19-63(62)68/h1-46H. The van der Waals surface area contributed by atoms with E-state index in [9.17, 15) is 0 Å². The van der Waals surface area contributed by atoms with Gasteiger partial charge in [0, 0.05) is 49.7 Å². The van der Waals surface area contributed by atoms with Gasteiger partial charge in [-0.2, -0.15) is 0 Å². The zero-order chi connectivity index (χ0) is 49.4. The maximum Gasteiger partial charge on any atom is 0.143 e. The third-order valence-electron chi connectivity index (χ3n) is 15.4. The molecule has 3 heteroatoms. The molecule has 0 saturated heterocycles. The second-order valence-electron chi connectivity index (χ2n) is 19.6. The summed E-state index contributed by atoms with van der Waals surface area (Å²) in [6.45, 7) is 0. The fourth-order valence-electron chi connectivity index (χ4n) is 11.7. The summed E-state index contributed by atoms with van der Waals surface area (Å²) < 4.78 is 8.98. The van der Waals surface area contributed by atoms with Crippen LogP contribution in [0.3, 0.4) is 0 Å². The summed E-state index contributed by atoms with van der Waals surface area (Å²) in [6.07, 6.45) is 0. The summed E-state index contributed by atoms with van der Waals surface area (Å²) in [5.74, 6) is 0. The summed E-state index contributed by atoms with van der Waals surface area (Å²) in [5.41, 5.74) is 17.9. The van der Waals surface area contributed by atoms with Gasteiger partial charge in [0.15, 0.2) is 0 Å². The largest absolute Gasteiger partial charge is 0.455 e. The number of aromatic nitrogens is 1. The number of nitrogens with zero attached hydrogens (tertiary/aromatic N) is 2. The Labute approximate surface area is 434 Å². The zero-order valence-electron chi connectivity index (χ0n) is 40.9. The van der Waals surface area contributed by atoms with Crippen molar-refractivity contribution in [1.82, 2.24) is 4.57 Å². The minimum atomic E-state index is 0.891. The molecule has 0 aliphatic carbocycles. The summed E-state index contributed by atoms with van der Waals surface area (Å²) in [5, 5.41) is 12.2. The molecule has 0 fully saturated rings.